The lowest BCUT2D eigenvalue weighted by atomic mass is 10.0. The van der Waals surface area contributed by atoms with Gasteiger partial charge in [0.25, 0.3) is 0 Å². The van der Waals surface area contributed by atoms with Gasteiger partial charge in [0.2, 0.25) is 0 Å². The second-order valence-electron chi connectivity index (χ2n) is 4.93. The normalized spacial score (nSPS) is 10.9. The molecule has 3 rings (SSSR count). The van der Waals surface area contributed by atoms with Crippen molar-refractivity contribution >= 4 is 11.0 Å². The zero-order valence-electron chi connectivity index (χ0n) is 11.3. The maximum absolute atomic E-state index is 12.4. The molecule has 1 aromatic heterocycles. The summed E-state index contributed by atoms with van der Waals surface area (Å²) in [5, 5.41) is 9.94. The molecule has 1 N–H and O–H groups in total. The van der Waals surface area contributed by atoms with Crippen molar-refractivity contribution in [3.8, 4) is 17.1 Å². The fourth-order valence-electron chi connectivity index (χ4n) is 2.28. The van der Waals surface area contributed by atoms with Gasteiger partial charge in [-0.1, -0.05) is 6.07 Å². The summed E-state index contributed by atoms with van der Waals surface area (Å²) in [7, 11) is 0. The van der Waals surface area contributed by atoms with Gasteiger partial charge in [-0.25, -0.2) is 0 Å². The van der Waals surface area contributed by atoms with Crippen LogP contribution in [-0.4, -0.2) is 5.11 Å². The highest BCUT2D eigenvalue weighted by Gasteiger charge is 2.12. The van der Waals surface area contributed by atoms with Gasteiger partial charge in [-0.05, 0) is 55.8 Å². The van der Waals surface area contributed by atoms with Crippen molar-refractivity contribution in [2.75, 3.05) is 0 Å². The third kappa shape index (κ3) is 1.97. The molecule has 3 nitrogen and oxygen atoms in total. The third-order valence-corrected chi connectivity index (χ3v) is 3.40. The number of fused-ring (bicyclic) bond motifs is 1. The van der Waals surface area contributed by atoms with E-state index in [1.165, 1.54) is 0 Å². The molecule has 0 saturated heterocycles. The average molecular weight is 266 g/mol. The Labute approximate surface area is 116 Å². The largest absolute Gasteiger partial charge is 0.508 e. The smallest absolute Gasteiger partial charge is 0.196 e. The summed E-state index contributed by atoms with van der Waals surface area (Å²) < 4.78 is 5.90. The van der Waals surface area contributed by atoms with Gasteiger partial charge < -0.3 is 9.52 Å². The lowest BCUT2D eigenvalue weighted by Crippen LogP contribution is -2.07. The second kappa shape index (κ2) is 4.53. The van der Waals surface area contributed by atoms with Crippen LogP contribution in [0.4, 0.5) is 0 Å². The highest BCUT2D eigenvalue weighted by atomic mass is 16.3. The number of hydrogen-bond donors (Lipinski definition) is 1. The molecule has 0 spiro atoms. The Morgan fingerprint density at radius 2 is 1.70 bits per heavy atom. The van der Waals surface area contributed by atoms with Gasteiger partial charge in [-0.3, -0.25) is 4.79 Å². The molecule has 100 valence electrons. The Morgan fingerprint density at radius 1 is 1.00 bits per heavy atom. The predicted octanol–water partition coefficient (Wildman–Crippen LogP) is 3.78. The minimum atomic E-state index is -0.0191. The molecule has 0 fully saturated rings. The van der Waals surface area contributed by atoms with E-state index in [1.807, 2.05) is 19.1 Å². The fraction of sp³-hybridized carbons (Fsp3) is 0.118. The molecule has 0 atom stereocenters. The van der Waals surface area contributed by atoms with Crippen LogP contribution in [0.25, 0.3) is 22.3 Å². The van der Waals surface area contributed by atoms with E-state index in [4.69, 9.17) is 4.42 Å². The summed E-state index contributed by atoms with van der Waals surface area (Å²) in [6, 6.07) is 12.2. The molecule has 0 aliphatic carbocycles. The van der Waals surface area contributed by atoms with Crippen LogP contribution in [0.5, 0.6) is 5.75 Å². The minimum Gasteiger partial charge on any atom is -0.508 e. The van der Waals surface area contributed by atoms with Crippen molar-refractivity contribution < 1.29 is 9.52 Å². The first kappa shape index (κ1) is 12.5. The first-order valence-electron chi connectivity index (χ1n) is 6.40. The minimum absolute atomic E-state index is 0.0191. The zero-order valence-corrected chi connectivity index (χ0v) is 11.3. The van der Waals surface area contributed by atoms with Gasteiger partial charge in [0.1, 0.15) is 17.1 Å². The van der Waals surface area contributed by atoms with Crippen LogP contribution in [0.15, 0.2) is 51.7 Å². The van der Waals surface area contributed by atoms with E-state index < -0.39 is 0 Å². The lowest BCUT2D eigenvalue weighted by Gasteiger charge is -2.07. The van der Waals surface area contributed by atoms with Gasteiger partial charge in [0.15, 0.2) is 5.43 Å². The summed E-state index contributed by atoms with van der Waals surface area (Å²) in [4.78, 5) is 12.4. The SMILES string of the molecule is Cc1ccc2c(=O)c(C)c(-c3ccc(O)cc3)oc2c1. The van der Waals surface area contributed by atoms with Crippen molar-refractivity contribution in [2.24, 2.45) is 0 Å². The second-order valence-corrected chi connectivity index (χ2v) is 4.93. The number of aromatic hydroxyl groups is 1. The molecular weight excluding hydrogens is 252 g/mol. The molecule has 0 radical (unpaired) electrons. The molecule has 0 saturated carbocycles. The van der Waals surface area contributed by atoms with Gasteiger partial charge in [0.05, 0.1) is 5.39 Å². The Bertz CT molecular complexity index is 842. The molecule has 20 heavy (non-hydrogen) atoms. The Hall–Kier alpha value is -2.55. The summed E-state index contributed by atoms with van der Waals surface area (Å²) in [6.45, 7) is 3.72. The van der Waals surface area contributed by atoms with Crippen molar-refractivity contribution in [3.63, 3.8) is 0 Å². The standard InChI is InChI=1S/C17H14O3/c1-10-3-8-14-15(9-10)20-17(11(2)16(14)19)12-4-6-13(18)7-5-12/h3-9,18H,1-2H3. The topological polar surface area (TPSA) is 50.4 Å². The zero-order chi connectivity index (χ0) is 14.3. The summed E-state index contributed by atoms with van der Waals surface area (Å²) >= 11 is 0. The van der Waals surface area contributed by atoms with Crippen LogP contribution >= 0.6 is 0 Å². The number of phenols is 1. The molecular formula is C17H14O3. The van der Waals surface area contributed by atoms with E-state index in [0.717, 1.165) is 11.1 Å². The molecule has 1 heterocycles. The Kier molecular flexibility index (Phi) is 2.83. The quantitative estimate of drug-likeness (QED) is 0.729. The van der Waals surface area contributed by atoms with Crippen LogP contribution in [-0.2, 0) is 0 Å². The predicted molar refractivity (Wildman–Crippen MR) is 79.1 cm³/mol. The van der Waals surface area contributed by atoms with Crippen LogP contribution in [0.1, 0.15) is 11.1 Å². The van der Waals surface area contributed by atoms with Gasteiger partial charge in [-0.2, -0.15) is 0 Å². The molecule has 0 bridgehead atoms. The van der Waals surface area contributed by atoms with Crippen molar-refractivity contribution in [3.05, 3.63) is 63.8 Å². The highest BCUT2D eigenvalue weighted by molar-refractivity contribution is 5.80. The summed E-state index contributed by atoms with van der Waals surface area (Å²) in [5.74, 6) is 0.735. The summed E-state index contributed by atoms with van der Waals surface area (Å²) in [5.41, 5.74) is 2.96. The molecule has 3 heteroatoms. The van der Waals surface area contributed by atoms with E-state index in [2.05, 4.69) is 0 Å². The van der Waals surface area contributed by atoms with Crippen LogP contribution < -0.4 is 5.43 Å². The molecule has 0 aliphatic rings. The Balaban J connectivity index is 2.33. The number of rotatable bonds is 1. The lowest BCUT2D eigenvalue weighted by molar-refractivity contribution is 0.475. The molecule has 3 aromatic rings. The first-order valence-corrected chi connectivity index (χ1v) is 6.40. The van der Waals surface area contributed by atoms with Gasteiger partial charge >= 0.3 is 0 Å². The Morgan fingerprint density at radius 3 is 2.40 bits per heavy atom. The number of phenolic OH excluding ortho intramolecular Hbond substituents is 1. The van der Waals surface area contributed by atoms with E-state index in [0.29, 0.717) is 22.3 Å². The monoisotopic (exact) mass is 266 g/mol. The molecule has 2 aromatic carbocycles. The fourth-order valence-corrected chi connectivity index (χ4v) is 2.28. The number of aryl methyl sites for hydroxylation is 1. The van der Waals surface area contributed by atoms with Crippen LogP contribution in [0, 0.1) is 13.8 Å². The average Bonchev–Trinajstić information content (AvgIpc) is 2.44. The van der Waals surface area contributed by atoms with Gasteiger partial charge in [-0.15, -0.1) is 0 Å². The van der Waals surface area contributed by atoms with Crippen molar-refractivity contribution in [2.45, 2.75) is 13.8 Å². The van der Waals surface area contributed by atoms with Crippen LogP contribution in [0.2, 0.25) is 0 Å². The van der Waals surface area contributed by atoms with Gasteiger partial charge in [0, 0.05) is 11.1 Å². The molecule has 0 aliphatic heterocycles. The molecule has 0 amide bonds. The molecule has 0 unspecified atom stereocenters. The van der Waals surface area contributed by atoms with E-state index in [9.17, 15) is 9.90 Å². The number of hydrogen-bond acceptors (Lipinski definition) is 3. The maximum atomic E-state index is 12.4. The van der Waals surface area contributed by atoms with Crippen molar-refractivity contribution in [1.82, 2.24) is 0 Å². The van der Waals surface area contributed by atoms with E-state index in [-0.39, 0.29) is 11.2 Å². The summed E-state index contributed by atoms with van der Waals surface area (Å²) in [6.07, 6.45) is 0. The van der Waals surface area contributed by atoms with E-state index in [1.54, 1.807) is 37.3 Å². The van der Waals surface area contributed by atoms with Crippen molar-refractivity contribution in [1.29, 1.82) is 0 Å². The maximum Gasteiger partial charge on any atom is 0.196 e. The van der Waals surface area contributed by atoms with E-state index >= 15 is 0 Å². The first-order chi connectivity index (χ1) is 9.56. The number of benzene rings is 2. The third-order valence-electron chi connectivity index (χ3n) is 3.40. The highest BCUT2D eigenvalue weighted by Crippen LogP contribution is 2.27. The van der Waals surface area contributed by atoms with Crippen LogP contribution in [0.3, 0.4) is 0 Å².